The largest absolute Gasteiger partial charge is 0.496 e. The second-order valence-corrected chi connectivity index (χ2v) is 7.36. The molecule has 0 aromatic heterocycles. The average molecular weight is 346 g/mol. The fourth-order valence-corrected chi connectivity index (χ4v) is 4.06. The van der Waals surface area contributed by atoms with Gasteiger partial charge in [-0.25, -0.2) is 0 Å². The second kappa shape index (κ2) is 8.68. The lowest BCUT2D eigenvalue weighted by atomic mass is 9.89. The number of ether oxygens (including phenoxy) is 1. The maximum Gasteiger partial charge on any atom is 0.222 e. The van der Waals surface area contributed by atoms with E-state index >= 15 is 0 Å². The number of piperidine rings is 1. The summed E-state index contributed by atoms with van der Waals surface area (Å²) in [7, 11) is 1.73. The van der Waals surface area contributed by atoms with Crippen molar-refractivity contribution < 1.29 is 14.6 Å². The fourth-order valence-electron chi connectivity index (χ4n) is 4.06. The lowest BCUT2D eigenvalue weighted by Gasteiger charge is -2.34. The molecule has 1 aromatic carbocycles. The van der Waals surface area contributed by atoms with Crippen LogP contribution in [0.5, 0.6) is 5.75 Å². The van der Waals surface area contributed by atoms with E-state index in [9.17, 15) is 9.90 Å². The zero-order valence-corrected chi connectivity index (χ0v) is 15.2. The topological polar surface area (TPSA) is 53.0 Å². The molecule has 1 amide bonds. The Morgan fingerprint density at radius 2 is 1.96 bits per heavy atom. The van der Waals surface area contributed by atoms with Gasteiger partial charge in [0.2, 0.25) is 5.91 Å². The molecule has 2 heterocycles. The van der Waals surface area contributed by atoms with Crippen molar-refractivity contribution in [3.63, 3.8) is 0 Å². The van der Waals surface area contributed by atoms with Crippen molar-refractivity contribution in [3.05, 3.63) is 29.8 Å². The van der Waals surface area contributed by atoms with E-state index in [2.05, 4.69) is 17.0 Å². The van der Waals surface area contributed by atoms with E-state index in [-0.39, 0.29) is 5.91 Å². The zero-order valence-electron chi connectivity index (χ0n) is 15.2. The number of aliphatic hydroxyl groups excluding tert-OH is 1. The van der Waals surface area contributed by atoms with Gasteiger partial charge >= 0.3 is 0 Å². The summed E-state index contributed by atoms with van der Waals surface area (Å²) in [5.74, 6) is 1.84. The van der Waals surface area contributed by atoms with Gasteiger partial charge in [-0.1, -0.05) is 18.2 Å². The van der Waals surface area contributed by atoms with Crippen LogP contribution in [0.15, 0.2) is 24.3 Å². The van der Waals surface area contributed by atoms with Crippen LogP contribution < -0.4 is 4.74 Å². The molecule has 2 saturated heterocycles. The van der Waals surface area contributed by atoms with E-state index in [4.69, 9.17) is 4.74 Å². The summed E-state index contributed by atoms with van der Waals surface area (Å²) in [5, 5.41) is 10.3. The summed E-state index contributed by atoms with van der Waals surface area (Å²) in [6.07, 6.45) is 4.48. The molecule has 2 aliphatic heterocycles. The number of likely N-dealkylation sites (tertiary alicyclic amines) is 2. The van der Waals surface area contributed by atoms with Crippen LogP contribution in [-0.4, -0.2) is 66.8 Å². The highest BCUT2D eigenvalue weighted by Gasteiger charge is 2.25. The highest BCUT2D eigenvalue weighted by atomic mass is 16.5. The number of nitrogens with zero attached hydrogens (tertiary/aromatic N) is 2. The van der Waals surface area contributed by atoms with Crippen LogP contribution >= 0.6 is 0 Å². The predicted octanol–water partition coefficient (Wildman–Crippen LogP) is 1.93. The first-order valence-corrected chi connectivity index (χ1v) is 9.46. The molecule has 0 spiro atoms. The average Bonchev–Trinajstić information content (AvgIpc) is 3.02. The van der Waals surface area contributed by atoms with Crippen LogP contribution in [0.4, 0.5) is 0 Å². The van der Waals surface area contributed by atoms with Gasteiger partial charge in [-0.3, -0.25) is 4.79 Å². The number of carbonyl (C=O) groups excluding carboxylic acids is 1. The Labute approximate surface area is 150 Å². The smallest absolute Gasteiger partial charge is 0.222 e. The Kier molecular flexibility index (Phi) is 6.32. The Morgan fingerprint density at radius 1 is 1.20 bits per heavy atom. The number of methoxy groups -OCH3 is 1. The van der Waals surface area contributed by atoms with Gasteiger partial charge in [-0.15, -0.1) is 0 Å². The molecule has 1 aromatic rings. The van der Waals surface area contributed by atoms with Crippen LogP contribution in [0.3, 0.4) is 0 Å². The highest BCUT2D eigenvalue weighted by Crippen LogP contribution is 2.26. The minimum absolute atomic E-state index is 0.189. The summed E-state index contributed by atoms with van der Waals surface area (Å²) in [6.45, 7) is 4.00. The Hall–Kier alpha value is -1.59. The van der Waals surface area contributed by atoms with Crippen molar-refractivity contribution in [2.75, 3.05) is 39.8 Å². The quantitative estimate of drug-likeness (QED) is 0.820. The molecular weight excluding hydrogens is 316 g/mol. The lowest BCUT2D eigenvalue weighted by molar-refractivity contribution is -0.129. The number of hydrogen-bond donors (Lipinski definition) is 1. The Balaban J connectivity index is 1.41. The third-order valence-corrected chi connectivity index (χ3v) is 5.48. The van der Waals surface area contributed by atoms with Crippen LogP contribution in [0.25, 0.3) is 0 Å². The number of β-amino-alcohol motifs (C(OH)–C–C–N with tert-alkyl or cyclic N) is 1. The first-order valence-electron chi connectivity index (χ1n) is 9.46. The Morgan fingerprint density at radius 3 is 2.64 bits per heavy atom. The molecule has 3 rings (SSSR count). The minimum atomic E-state index is -0.437. The van der Waals surface area contributed by atoms with Crippen molar-refractivity contribution in [3.8, 4) is 5.75 Å². The number of amides is 1. The van der Waals surface area contributed by atoms with Crippen molar-refractivity contribution in [1.29, 1.82) is 0 Å². The number of rotatable bonds is 7. The number of hydrogen-bond acceptors (Lipinski definition) is 4. The van der Waals surface area contributed by atoms with Crippen LogP contribution in [0, 0.1) is 5.92 Å². The lowest BCUT2D eigenvalue weighted by Crippen LogP contribution is -2.43. The van der Waals surface area contributed by atoms with E-state index in [1.807, 2.05) is 12.1 Å². The summed E-state index contributed by atoms with van der Waals surface area (Å²) >= 11 is 0. The van der Waals surface area contributed by atoms with Gasteiger partial charge in [0.25, 0.3) is 0 Å². The maximum absolute atomic E-state index is 11.7. The van der Waals surface area contributed by atoms with Gasteiger partial charge in [0.15, 0.2) is 0 Å². The molecule has 1 unspecified atom stereocenters. The van der Waals surface area contributed by atoms with Crippen molar-refractivity contribution in [2.45, 2.75) is 38.2 Å². The molecule has 0 bridgehead atoms. The molecule has 0 saturated carbocycles. The molecule has 5 nitrogen and oxygen atoms in total. The van der Waals surface area contributed by atoms with E-state index in [1.54, 1.807) is 12.0 Å². The first kappa shape index (κ1) is 18.2. The molecule has 2 aliphatic rings. The molecule has 5 heteroatoms. The summed E-state index contributed by atoms with van der Waals surface area (Å²) in [4.78, 5) is 15.8. The summed E-state index contributed by atoms with van der Waals surface area (Å²) in [5.41, 5.74) is 1.29. The van der Waals surface area contributed by atoms with Gasteiger partial charge < -0.3 is 19.6 Å². The highest BCUT2D eigenvalue weighted by molar-refractivity contribution is 5.78. The second-order valence-electron chi connectivity index (χ2n) is 7.36. The standard InChI is InChI=1S/C20H30N2O3/c1-25-19-6-3-2-5-17(19)13-16-8-11-21(12-9-16)14-18(23)15-22-10-4-7-20(22)24/h2-3,5-6,16,18,23H,4,7-15H2,1H3. The van der Waals surface area contributed by atoms with E-state index < -0.39 is 6.10 Å². The van der Waals surface area contributed by atoms with E-state index in [0.717, 1.165) is 51.1 Å². The van der Waals surface area contributed by atoms with Crippen molar-refractivity contribution >= 4 is 5.91 Å². The normalized spacial score (nSPS) is 20.9. The van der Waals surface area contributed by atoms with E-state index in [1.165, 1.54) is 5.56 Å². The third kappa shape index (κ3) is 4.95. The molecule has 1 N–H and O–H groups in total. The van der Waals surface area contributed by atoms with Gasteiger partial charge in [-0.2, -0.15) is 0 Å². The molecule has 0 radical (unpaired) electrons. The minimum Gasteiger partial charge on any atom is -0.496 e. The van der Waals surface area contributed by atoms with Crippen molar-refractivity contribution in [1.82, 2.24) is 9.80 Å². The maximum atomic E-state index is 11.7. The first-order chi connectivity index (χ1) is 12.2. The van der Waals surface area contributed by atoms with Crippen LogP contribution in [0.2, 0.25) is 0 Å². The van der Waals surface area contributed by atoms with Crippen molar-refractivity contribution in [2.24, 2.45) is 5.92 Å². The molecule has 2 fully saturated rings. The number of aliphatic hydroxyl groups is 1. The summed E-state index contributed by atoms with van der Waals surface area (Å²) < 4.78 is 5.46. The predicted molar refractivity (Wildman–Crippen MR) is 97.7 cm³/mol. The van der Waals surface area contributed by atoms with Crippen LogP contribution in [0.1, 0.15) is 31.2 Å². The molecule has 0 aliphatic carbocycles. The van der Waals surface area contributed by atoms with Gasteiger partial charge in [0.1, 0.15) is 5.75 Å². The SMILES string of the molecule is COc1ccccc1CC1CCN(CC(O)CN2CCCC2=O)CC1. The molecular formula is C20H30N2O3. The van der Waals surface area contributed by atoms with Gasteiger partial charge in [0.05, 0.1) is 13.2 Å². The monoisotopic (exact) mass is 346 g/mol. The van der Waals surface area contributed by atoms with Gasteiger partial charge in [0, 0.05) is 26.1 Å². The molecule has 138 valence electrons. The third-order valence-electron chi connectivity index (χ3n) is 5.48. The van der Waals surface area contributed by atoms with Gasteiger partial charge in [-0.05, 0) is 56.3 Å². The molecule has 25 heavy (non-hydrogen) atoms. The number of para-hydroxylation sites is 1. The number of benzene rings is 1. The summed E-state index contributed by atoms with van der Waals surface area (Å²) in [6, 6.07) is 8.27. The Bertz CT molecular complexity index is 570. The van der Waals surface area contributed by atoms with Crippen LogP contribution in [-0.2, 0) is 11.2 Å². The van der Waals surface area contributed by atoms with E-state index in [0.29, 0.717) is 25.4 Å². The zero-order chi connectivity index (χ0) is 17.6. The molecule has 1 atom stereocenters. The fraction of sp³-hybridized carbons (Fsp3) is 0.650. The number of carbonyl (C=O) groups is 1.